The van der Waals surface area contributed by atoms with Crippen molar-refractivity contribution in [2.24, 2.45) is 5.73 Å². The fourth-order valence-corrected chi connectivity index (χ4v) is 1.94. The second kappa shape index (κ2) is 4.45. The molecule has 1 heterocycles. The fraction of sp³-hybridized carbons (Fsp3) is 0.417. The molecule has 1 fully saturated rings. The van der Waals surface area contributed by atoms with Gasteiger partial charge in [0.1, 0.15) is 6.04 Å². The van der Waals surface area contributed by atoms with Crippen LogP contribution in [-0.4, -0.2) is 23.9 Å². The van der Waals surface area contributed by atoms with E-state index >= 15 is 0 Å². The summed E-state index contributed by atoms with van der Waals surface area (Å²) in [5.74, 6) is 0.0544. The Labute approximate surface area is 89.9 Å². The molecule has 3 heteroatoms. The third-order valence-corrected chi connectivity index (χ3v) is 2.84. The minimum atomic E-state index is -0.496. The normalized spacial score (nSPS) is 17.8. The maximum atomic E-state index is 11.9. The monoisotopic (exact) mass is 204 g/mol. The fourth-order valence-electron chi connectivity index (χ4n) is 1.94. The quantitative estimate of drug-likeness (QED) is 0.789. The molecule has 0 bridgehead atoms. The molecule has 0 aromatic heterocycles. The Hall–Kier alpha value is -1.35. The van der Waals surface area contributed by atoms with Gasteiger partial charge in [0.15, 0.2) is 0 Å². The predicted octanol–water partition coefficient (Wildman–Crippen LogP) is 1.31. The molecule has 0 spiro atoms. The van der Waals surface area contributed by atoms with Gasteiger partial charge in [-0.2, -0.15) is 0 Å². The summed E-state index contributed by atoms with van der Waals surface area (Å²) < 4.78 is 0. The van der Waals surface area contributed by atoms with Crippen LogP contribution >= 0.6 is 0 Å². The largest absolute Gasteiger partial charge is 0.341 e. The third kappa shape index (κ3) is 2.18. The van der Waals surface area contributed by atoms with Crippen LogP contribution in [-0.2, 0) is 4.79 Å². The van der Waals surface area contributed by atoms with Gasteiger partial charge in [0.25, 0.3) is 0 Å². The number of nitrogens with two attached hydrogens (primary N) is 1. The molecular formula is C12H16N2O. The molecule has 0 aliphatic carbocycles. The number of hydrogen-bond acceptors (Lipinski definition) is 2. The summed E-state index contributed by atoms with van der Waals surface area (Å²) in [5, 5.41) is 0. The number of rotatable bonds is 2. The minimum absolute atomic E-state index is 0.0544. The van der Waals surface area contributed by atoms with E-state index in [9.17, 15) is 4.79 Å². The first-order valence-electron chi connectivity index (χ1n) is 5.38. The molecule has 1 amide bonds. The average Bonchev–Trinajstić information content (AvgIpc) is 2.82. The maximum Gasteiger partial charge on any atom is 0.244 e. The van der Waals surface area contributed by atoms with Gasteiger partial charge in [-0.15, -0.1) is 0 Å². The lowest BCUT2D eigenvalue weighted by Crippen LogP contribution is -2.36. The summed E-state index contributed by atoms with van der Waals surface area (Å²) in [5.41, 5.74) is 6.82. The van der Waals surface area contributed by atoms with E-state index in [0.717, 1.165) is 31.5 Å². The SMILES string of the molecule is N[C@H](C(=O)N1CCCC1)c1ccccc1. The van der Waals surface area contributed by atoms with E-state index in [1.807, 2.05) is 35.2 Å². The molecular weight excluding hydrogens is 188 g/mol. The molecule has 0 radical (unpaired) electrons. The highest BCUT2D eigenvalue weighted by Crippen LogP contribution is 2.16. The first kappa shape index (κ1) is 10.2. The van der Waals surface area contributed by atoms with Crippen molar-refractivity contribution in [3.05, 3.63) is 35.9 Å². The summed E-state index contributed by atoms with van der Waals surface area (Å²) in [4.78, 5) is 13.8. The number of carbonyl (C=O) groups is 1. The van der Waals surface area contributed by atoms with Crippen LogP contribution in [0.25, 0.3) is 0 Å². The molecule has 1 aliphatic rings. The Morgan fingerprint density at radius 1 is 1.20 bits per heavy atom. The predicted molar refractivity (Wildman–Crippen MR) is 59.2 cm³/mol. The van der Waals surface area contributed by atoms with Gasteiger partial charge < -0.3 is 10.6 Å². The molecule has 0 saturated carbocycles. The van der Waals surface area contributed by atoms with Crippen molar-refractivity contribution in [2.45, 2.75) is 18.9 Å². The number of carbonyl (C=O) groups excluding carboxylic acids is 1. The molecule has 1 aromatic carbocycles. The molecule has 3 nitrogen and oxygen atoms in total. The molecule has 1 atom stereocenters. The van der Waals surface area contributed by atoms with Crippen LogP contribution in [0.4, 0.5) is 0 Å². The van der Waals surface area contributed by atoms with E-state index in [1.165, 1.54) is 0 Å². The summed E-state index contributed by atoms with van der Waals surface area (Å²) in [6.07, 6.45) is 2.21. The molecule has 1 aliphatic heterocycles. The van der Waals surface area contributed by atoms with Crippen LogP contribution in [0.1, 0.15) is 24.4 Å². The lowest BCUT2D eigenvalue weighted by molar-refractivity contribution is -0.131. The van der Waals surface area contributed by atoms with Crippen molar-refractivity contribution in [3.63, 3.8) is 0 Å². The first-order chi connectivity index (χ1) is 7.29. The Bertz CT molecular complexity index is 331. The van der Waals surface area contributed by atoms with E-state index in [0.29, 0.717) is 0 Å². The third-order valence-electron chi connectivity index (χ3n) is 2.84. The lowest BCUT2D eigenvalue weighted by Gasteiger charge is -2.20. The van der Waals surface area contributed by atoms with Gasteiger partial charge in [0, 0.05) is 13.1 Å². The number of nitrogens with zero attached hydrogens (tertiary/aromatic N) is 1. The first-order valence-corrected chi connectivity index (χ1v) is 5.38. The topological polar surface area (TPSA) is 46.3 Å². The summed E-state index contributed by atoms with van der Waals surface area (Å²) in [6, 6.07) is 9.05. The maximum absolute atomic E-state index is 11.9. The van der Waals surface area contributed by atoms with Crippen LogP contribution in [0.2, 0.25) is 0 Å². The zero-order valence-electron chi connectivity index (χ0n) is 8.73. The molecule has 2 rings (SSSR count). The highest BCUT2D eigenvalue weighted by Gasteiger charge is 2.24. The van der Waals surface area contributed by atoms with Crippen molar-refractivity contribution in [3.8, 4) is 0 Å². The van der Waals surface area contributed by atoms with Crippen molar-refractivity contribution >= 4 is 5.91 Å². The van der Waals surface area contributed by atoms with Crippen LogP contribution in [0, 0.1) is 0 Å². The Morgan fingerprint density at radius 2 is 1.80 bits per heavy atom. The van der Waals surface area contributed by atoms with Gasteiger partial charge in [0.05, 0.1) is 0 Å². The molecule has 1 aromatic rings. The van der Waals surface area contributed by atoms with Gasteiger partial charge in [-0.05, 0) is 18.4 Å². The summed E-state index contributed by atoms with van der Waals surface area (Å²) >= 11 is 0. The summed E-state index contributed by atoms with van der Waals surface area (Å²) in [6.45, 7) is 1.72. The van der Waals surface area contributed by atoms with Gasteiger partial charge in [-0.1, -0.05) is 30.3 Å². The van der Waals surface area contributed by atoms with Crippen LogP contribution in [0.3, 0.4) is 0 Å². The Morgan fingerprint density at radius 3 is 2.40 bits per heavy atom. The zero-order valence-corrected chi connectivity index (χ0v) is 8.73. The van der Waals surface area contributed by atoms with E-state index in [4.69, 9.17) is 5.73 Å². The number of hydrogen-bond donors (Lipinski definition) is 1. The molecule has 80 valence electrons. The zero-order chi connectivity index (χ0) is 10.7. The second-order valence-electron chi connectivity index (χ2n) is 3.92. The van der Waals surface area contributed by atoms with Gasteiger partial charge in [0.2, 0.25) is 5.91 Å². The standard InChI is InChI=1S/C12H16N2O/c13-11(10-6-2-1-3-7-10)12(15)14-8-4-5-9-14/h1-3,6-7,11H,4-5,8-9,13H2/t11-/m0/s1. The van der Waals surface area contributed by atoms with E-state index in [-0.39, 0.29) is 5.91 Å². The van der Waals surface area contributed by atoms with E-state index in [1.54, 1.807) is 0 Å². The van der Waals surface area contributed by atoms with E-state index < -0.39 is 6.04 Å². The van der Waals surface area contributed by atoms with E-state index in [2.05, 4.69) is 0 Å². The van der Waals surface area contributed by atoms with Crippen LogP contribution in [0.5, 0.6) is 0 Å². The van der Waals surface area contributed by atoms with Crippen molar-refractivity contribution in [2.75, 3.05) is 13.1 Å². The number of benzene rings is 1. The van der Waals surface area contributed by atoms with Crippen molar-refractivity contribution in [1.29, 1.82) is 0 Å². The van der Waals surface area contributed by atoms with Crippen LogP contribution < -0.4 is 5.73 Å². The Balaban J connectivity index is 2.07. The number of amides is 1. The lowest BCUT2D eigenvalue weighted by atomic mass is 10.1. The highest BCUT2D eigenvalue weighted by atomic mass is 16.2. The van der Waals surface area contributed by atoms with Gasteiger partial charge in [-0.3, -0.25) is 4.79 Å². The van der Waals surface area contributed by atoms with Gasteiger partial charge >= 0.3 is 0 Å². The molecule has 0 unspecified atom stereocenters. The van der Waals surface area contributed by atoms with Crippen LogP contribution in [0.15, 0.2) is 30.3 Å². The number of likely N-dealkylation sites (tertiary alicyclic amines) is 1. The van der Waals surface area contributed by atoms with Gasteiger partial charge in [-0.25, -0.2) is 0 Å². The minimum Gasteiger partial charge on any atom is -0.341 e. The highest BCUT2D eigenvalue weighted by molar-refractivity contribution is 5.83. The molecule has 1 saturated heterocycles. The van der Waals surface area contributed by atoms with Crippen molar-refractivity contribution < 1.29 is 4.79 Å². The Kier molecular flexibility index (Phi) is 3.02. The molecule has 15 heavy (non-hydrogen) atoms. The average molecular weight is 204 g/mol. The van der Waals surface area contributed by atoms with Crippen molar-refractivity contribution in [1.82, 2.24) is 4.90 Å². The smallest absolute Gasteiger partial charge is 0.244 e. The second-order valence-corrected chi connectivity index (χ2v) is 3.92. The summed E-state index contributed by atoms with van der Waals surface area (Å²) in [7, 11) is 0. The molecule has 2 N–H and O–H groups in total.